The standard InChI is InChI=1S/2C6H8O4/c2*7-5(8)3-1-2-4-6(9)10/h2*1,3H,2,4H2,(H,7,8)(H,9,10)/b3-1+;3-1-. The summed E-state index contributed by atoms with van der Waals surface area (Å²) in [6, 6.07) is 0. The van der Waals surface area contributed by atoms with E-state index < -0.39 is 23.9 Å². The lowest BCUT2D eigenvalue weighted by Gasteiger charge is -1.84. The first-order chi connectivity index (χ1) is 9.25. The van der Waals surface area contributed by atoms with Gasteiger partial charge in [-0.1, -0.05) is 12.2 Å². The van der Waals surface area contributed by atoms with Crippen LogP contribution in [0.3, 0.4) is 0 Å². The van der Waals surface area contributed by atoms with Gasteiger partial charge in [0.1, 0.15) is 0 Å². The summed E-state index contributed by atoms with van der Waals surface area (Å²) in [7, 11) is 0. The Morgan fingerprint density at radius 2 is 0.950 bits per heavy atom. The second-order valence-corrected chi connectivity index (χ2v) is 3.35. The van der Waals surface area contributed by atoms with Gasteiger partial charge in [0.15, 0.2) is 0 Å². The van der Waals surface area contributed by atoms with Crippen LogP contribution in [-0.2, 0) is 19.2 Å². The predicted octanol–water partition coefficient (Wildman–Crippen LogP) is 0.984. The number of hydrogen-bond acceptors (Lipinski definition) is 4. The van der Waals surface area contributed by atoms with Crippen molar-refractivity contribution in [2.75, 3.05) is 0 Å². The molecule has 0 fully saturated rings. The van der Waals surface area contributed by atoms with Crippen LogP contribution in [0.15, 0.2) is 24.3 Å². The van der Waals surface area contributed by atoms with E-state index in [2.05, 4.69) is 0 Å². The lowest BCUT2D eigenvalue weighted by molar-refractivity contribution is -0.137. The third kappa shape index (κ3) is 24.5. The van der Waals surface area contributed by atoms with E-state index in [4.69, 9.17) is 20.4 Å². The van der Waals surface area contributed by atoms with Crippen molar-refractivity contribution in [3.8, 4) is 0 Å². The maximum atomic E-state index is 9.86. The normalized spacial score (nSPS) is 10.0. The first-order valence-electron chi connectivity index (χ1n) is 5.48. The summed E-state index contributed by atoms with van der Waals surface area (Å²) in [4.78, 5) is 39.3. The maximum absolute atomic E-state index is 9.86. The highest BCUT2D eigenvalue weighted by molar-refractivity contribution is 5.80. The highest BCUT2D eigenvalue weighted by Gasteiger charge is 1.93. The molecule has 0 amide bonds. The first-order valence-corrected chi connectivity index (χ1v) is 5.48. The molecule has 0 aliphatic carbocycles. The minimum Gasteiger partial charge on any atom is -0.481 e. The third-order valence-corrected chi connectivity index (χ3v) is 1.57. The Balaban J connectivity index is 0. The Bertz CT molecular complexity index is 356. The monoisotopic (exact) mass is 288 g/mol. The van der Waals surface area contributed by atoms with Crippen LogP contribution in [0.4, 0.5) is 0 Å². The predicted molar refractivity (Wildman–Crippen MR) is 67.3 cm³/mol. The van der Waals surface area contributed by atoms with Crippen LogP contribution in [0.1, 0.15) is 25.7 Å². The van der Waals surface area contributed by atoms with Crippen LogP contribution < -0.4 is 0 Å². The molecule has 8 heteroatoms. The van der Waals surface area contributed by atoms with Gasteiger partial charge in [-0.25, -0.2) is 9.59 Å². The lowest BCUT2D eigenvalue weighted by Crippen LogP contribution is -1.92. The molecule has 0 aliphatic heterocycles. The highest BCUT2D eigenvalue weighted by atomic mass is 16.4. The number of carboxylic acid groups (broad SMARTS) is 4. The summed E-state index contributed by atoms with van der Waals surface area (Å²) in [6.45, 7) is 0. The van der Waals surface area contributed by atoms with Crippen molar-refractivity contribution in [2.24, 2.45) is 0 Å². The van der Waals surface area contributed by atoms with E-state index in [1.165, 1.54) is 12.2 Å². The van der Waals surface area contributed by atoms with E-state index in [9.17, 15) is 19.2 Å². The molecule has 4 N–H and O–H groups in total. The molecule has 0 saturated heterocycles. The molecule has 0 heterocycles. The smallest absolute Gasteiger partial charge is 0.327 e. The quantitative estimate of drug-likeness (QED) is 0.483. The molecule has 0 radical (unpaired) electrons. The SMILES string of the molecule is O=C(O)/C=C/CCC(=O)O.O=C(O)/C=C\CCC(=O)O. The molecule has 0 atom stereocenters. The number of carbonyl (C=O) groups is 4. The molecule has 0 rings (SSSR count). The number of hydrogen-bond donors (Lipinski definition) is 4. The van der Waals surface area contributed by atoms with Gasteiger partial charge in [-0.05, 0) is 12.8 Å². The third-order valence-electron chi connectivity index (χ3n) is 1.57. The van der Waals surface area contributed by atoms with E-state index in [0.717, 1.165) is 12.2 Å². The van der Waals surface area contributed by atoms with Crippen molar-refractivity contribution in [3.63, 3.8) is 0 Å². The van der Waals surface area contributed by atoms with E-state index in [1.54, 1.807) is 0 Å². The summed E-state index contributed by atoms with van der Waals surface area (Å²) in [5.41, 5.74) is 0. The molecular weight excluding hydrogens is 272 g/mol. The van der Waals surface area contributed by atoms with E-state index in [-0.39, 0.29) is 25.7 Å². The first kappa shape index (κ1) is 19.7. The minimum atomic E-state index is -1.05. The Kier molecular flexibility index (Phi) is 12.6. The molecule has 0 saturated carbocycles. The topological polar surface area (TPSA) is 149 Å². The molecule has 0 aliphatic rings. The Hall–Kier alpha value is -2.64. The molecule has 112 valence electrons. The van der Waals surface area contributed by atoms with Crippen molar-refractivity contribution in [1.29, 1.82) is 0 Å². The molecule has 8 nitrogen and oxygen atoms in total. The Labute approximate surface area is 114 Å². The van der Waals surface area contributed by atoms with Gasteiger partial charge in [-0.2, -0.15) is 0 Å². The van der Waals surface area contributed by atoms with Gasteiger partial charge in [0.05, 0.1) is 0 Å². The molecule has 0 aromatic heterocycles. The number of allylic oxidation sites excluding steroid dienone is 2. The van der Waals surface area contributed by atoms with Crippen molar-refractivity contribution in [3.05, 3.63) is 24.3 Å². The second kappa shape index (κ2) is 12.8. The summed E-state index contributed by atoms with van der Waals surface area (Å²) < 4.78 is 0. The second-order valence-electron chi connectivity index (χ2n) is 3.35. The van der Waals surface area contributed by atoms with Gasteiger partial charge in [0, 0.05) is 25.0 Å². The van der Waals surface area contributed by atoms with Crippen LogP contribution in [-0.4, -0.2) is 44.3 Å². The average molecular weight is 288 g/mol. The largest absolute Gasteiger partial charge is 0.481 e. The van der Waals surface area contributed by atoms with Crippen LogP contribution in [0, 0.1) is 0 Å². The zero-order chi connectivity index (χ0) is 16.0. The molecule has 0 bridgehead atoms. The average Bonchev–Trinajstić information content (AvgIpc) is 2.30. The number of aliphatic carboxylic acids is 4. The minimum absolute atomic E-state index is 0.0240. The summed E-state index contributed by atoms with van der Waals surface area (Å²) >= 11 is 0. The molecular formula is C12H16O8. The Morgan fingerprint density at radius 1 is 0.650 bits per heavy atom. The number of carboxylic acids is 4. The van der Waals surface area contributed by atoms with Gasteiger partial charge in [-0.3, -0.25) is 9.59 Å². The zero-order valence-electron chi connectivity index (χ0n) is 10.6. The van der Waals surface area contributed by atoms with Crippen molar-refractivity contribution >= 4 is 23.9 Å². The van der Waals surface area contributed by atoms with E-state index >= 15 is 0 Å². The summed E-state index contributed by atoms with van der Waals surface area (Å²) in [5, 5.41) is 32.3. The molecule has 0 aromatic carbocycles. The van der Waals surface area contributed by atoms with Gasteiger partial charge in [-0.15, -0.1) is 0 Å². The van der Waals surface area contributed by atoms with Gasteiger partial charge >= 0.3 is 23.9 Å². The lowest BCUT2D eigenvalue weighted by atomic mass is 10.3. The van der Waals surface area contributed by atoms with E-state index in [1.807, 2.05) is 0 Å². The van der Waals surface area contributed by atoms with Gasteiger partial charge in [0.25, 0.3) is 0 Å². The number of rotatable bonds is 8. The summed E-state index contributed by atoms with van der Waals surface area (Å²) in [6.07, 6.45) is 4.98. The fourth-order valence-electron chi connectivity index (χ4n) is 0.782. The molecule has 20 heavy (non-hydrogen) atoms. The van der Waals surface area contributed by atoms with Crippen molar-refractivity contribution in [2.45, 2.75) is 25.7 Å². The van der Waals surface area contributed by atoms with Crippen LogP contribution >= 0.6 is 0 Å². The molecule has 0 aromatic rings. The fraction of sp³-hybridized carbons (Fsp3) is 0.333. The molecule has 0 unspecified atom stereocenters. The van der Waals surface area contributed by atoms with Crippen molar-refractivity contribution < 1.29 is 39.6 Å². The van der Waals surface area contributed by atoms with Crippen molar-refractivity contribution in [1.82, 2.24) is 0 Å². The van der Waals surface area contributed by atoms with Crippen LogP contribution in [0.5, 0.6) is 0 Å². The maximum Gasteiger partial charge on any atom is 0.327 e. The van der Waals surface area contributed by atoms with Gasteiger partial charge < -0.3 is 20.4 Å². The van der Waals surface area contributed by atoms with Gasteiger partial charge in [0.2, 0.25) is 0 Å². The van der Waals surface area contributed by atoms with Crippen LogP contribution in [0.2, 0.25) is 0 Å². The Morgan fingerprint density at radius 3 is 1.15 bits per heavy atom. The van der Waals surface area contributed by atoms with E-state index in [0.29, 0.717) is 0 Å². The molecule has 0 spiro atoms. The van der Waals surface area contributed by atoms with Crippen LogP contribution in [0.25, 0.3) is 0 Å². The fourth-order valence-corrected chi connectivity index (χ4v) is 0.782. The highest BCUT2D eigenvalue weighted by Crippen LogP contribution is 1.90. The summed E-state index contributed by atoms with van der Waals surface area (Å²) in [5.74, 6) is -3.94. The zero-order valence-corrected chi connectivity index (χ0v) is 10.6.